The maximum absolute atomic E-state index is 15.2. The molecule has 0 atom stereocenters. The molecule has 0 heterocycles. The van der Waals surface area contributed by atoms with Crippen LogP contribution in [0.25, 0.3) is 22.3 Å². The average Bonchev–Trinajstić information content (AvgIpc) is 3.01. The zero-order valence-corrected chi connectivity index (χ0v) is 24.9. The molecule has 1 aliphatic carbocycles. The number of allylic oxidation sites excluding steroid dienone is 2. The Hall–Kier alpha value is -4.58. The summed E-state index contributed by atoms with van der Waals surface area (Å²) in [6.07, 6.45) is 5.66. The lowest BCUT2D eigenvalue weighted by Crippen LogP contribution is -2.25. The number of nitriles is 1. The van der Waals surface area contributed by atoms with Gasteiger partial charge in [0.1, 0.15) is 46.5 Å². The van der Waals surface area contributed by atoms with Gasteiger partial charge in [-0.25, -0.2) is 22.0 Å². The van der Waals surface area contributed by atoms with Gasteiger partial charge in [-0.1, -0.05) is 30.4 Å². The molecule has 0 aromatic heterocycles. The number of nitrogens with zero attached hydrogens (tertiary/aromatic N) is 1. The van der Waals surface area contributed by atoms with Gasteiger partial charge >= 0.3 is 6.11 Å². The summed E-state index contributed by atoms with van der Waals surface area (Å²) in [5.74, 6) is -6.01. The molecule has 9 heteroatoms. The Labute approximate surface area is 262 Å². The van der Waals surface area contributed by atoms with Gasteiger partial charge in [0.25, 0.3) is 0 Å². The second-order valence-corrected chi connectivity index (χ2v) is 11.5. The lowest BCUT2D eigenvalue weighted by atomic mass is 9.77. The van der Waals surface area contributed by atoms with Crippen LogP contribution in [0.4, 0.5) is 30.7 Å². The van der Waals surface area contributed by atoms with Crippen LogP contribution < -0.4 is 4.74 Å². The summed E-state index contributed by atoms with van der Waals surface area (Å²) in [7, 11) is 0. The van der Waals surface area contributed by atoms with Gasteiger partial charge in [-0.3, -0.25) is 0 Å². The minimum Gasteiger partial charge on any atom is -0.429 e. The van der Waals surface area contributed by atoms with Crippen LogP contribution in [0, 0.1) is 46.3 Å². The SMILES string of the molecule is CC=CCCC1CCC(c2ccc(-c3cc(F)c(C(F)(F)Oc4ccc(-c5ccc(C#N)c(F)c5)c(F)c4)c(F)c3)c(F)c2)CC1. The first-order valence-electron chi connectivity index (χ1n) is 15.0. The second kappa shape index (κ2) is 13.8. The molecule has 1 fully saturated rings. The summed E-state index contributed by atoms with van der Waals surface area (Å²) >= 11 is 0. The van der Waals surface area contributed by atoms with Crippen LogP contribution in [0.1, 0.15) is 68.1 Å². The van der Waals surface area contributed by atoms with Crippen LogP contribution in [0.3, 0.4) is 0 Å². The highest BCUT2D eigenvalue weighted by Gasteiger charge is 2.41. The number of hydrogen-bond acceptors (Lipinski definition) is 2. The zero-order valence-electron chi connectivity index (χ0n) is 24.9. The predicted molar refractivity (Wildman–Crippen MR) is 162 cm³/mol. The molecule has 0 N–H and O–H groups in total. The highest BCUT2D eigenvalue weighted by molar-refractivity contribution is 5.67. The Morgan fingerprint density at radius 2 is 1.39 bits per heavy atom. The third kappa shape index (κ3) is 7.12. The standard InChI is InChI=1S/C37H30F7NO/c1-2-3-4-5-22-6-8-23(9-7-22)24-12-14-30(32(39)16-24)27-18-34(41)36(35(42)19-27)37(43,44)46-28-13-15-29(33(40)20-28)25-10-11-26(21-45)31(38)17-25/h2-3,10-20,22-23H,4-9H2,1H3. The largest absolute Gasteiger partial charge is 0.432 e. The molecule has 2 nitrogen and oxygen atoms in total. The van der Waals surface area contributed by atoms with E-state index in [1.807, 2.05) is 13.0 Å². The summed E-state index contributed by atoms with van der Waals surface area (Å²) in [6, 6.07) is 13.1. The van der Waals surface area contributed by atoms with Crippen molar-refractivity contribution in [1.82, 2.24) is 0 Å². The van der Waals surface area contributed by atoms with Crippen molar-refractivity contribution in [2.75, 3.05) is 0 Å². The van der Waals surface area contributed by atoms with Crippen molar-refractivity contribution in [2.45, 2.75) is 57.5 Å². The molecule has 5 rings (SSSR count). The van der Waals surface area contributed by atoms with Gasteiger partial charge < -0.3 is 4.74 Å². The van der Waals surface area contributed by atoms with E-state index in [1.54, 1.807) is 12.1 Å². The number of alkyl halides is 2. The highest BCUT2D eigenvalue weighted by Crippen LogP contribution is 2.41. The smallest absolute Gasteiger partial charge is 0.429 e. The Morgan fingerprint density at radius 3 is 2.00 bits per heavy atom. The van der Waals surface area contributed by atoms with Crippen LogP contribution in [-0.2, 0) is 6.11 Å². The molecular weight excluding hydrogens is 607 g/mol. The Kier molecular flexibility index (Phi) is 9.85. The van der Waals surface area contributed by atoms with Gasteiger partial charge in [-0.15, -0.1) is 0 Å². The topological polar surface area (TPSA) is 33.0 Å². The summed E-state index contributed by atoms with van der Waals surface area (Å²) in [5, 5.41) is 8.86. The molecule has 46 heavy (non-hydrogen) atoms. The molecule has 4 aromatic rings. The summed E-state index contributed by atoms with van der Waals surface area (Å²) in [5.41, 5.74) is -1.76. The summed E-state index contributed by atoms with van der Waals surface area (Å²) < 4.78 is 109. The number of rotatable bonds is 9. The Morgan fingerprint density at radius 1 is 0.761 bits per heavy atom. The number of halogens is 7. The van der Waals surface area contributed by atoms with Gasteiger partial charge in [0.15, 0.2) is 0 Å². The Balaban J connectivity index is 1.31. The third-order valence-corrected chi connectivity index (χ3v) is 8.52. The first-order chi connectivity index (χ1) is 22.0. The molecule has 4 aromatic carbocycles. The first kappa shape index (κ1) is 32.8. The fraction of sp³-hybridized carbons (Fsp3) is 0.270. The minimum atomic E-state index is -4.57. The van der Waals surface area contributed by atoms with Crippen molar-refractivity contribution >= 4 is 0 Å². The molecule has 0 saturated heterocycles. The van der Waals surface area contributed by atoms with Crippen molar-refractivity contribution in [3.8, 4) is 34.1 Å². The van der Waals surface area contributed by atoms with E-state index < -0.39 is 46.5 Å². The van der Waals surface area contributed by atoms with Crippen molar-refractivity contribution in [3.63, 3.8) is 0 Å². The minimum absolute atomic E-state index is 0.0308. The van der Waals surface area contributed by atoms with Gasteiger partial charge in [0, 0.05) is 17.2 Å². The molecule has 0 aliphatic heterocycles. The summed E-state index contributed by atoms with van der Waals surface area (Å²) in [4.78, 5) is 0. The van der Waals surface area contributed by atoms with Crippen LogP contribution in [0.5, 0.6) is 5.75 Å². The fourth-order valence-corrected chi connectivity index (χ4v) is 6.07. The maximum atomic E-state index is 15.2. The third-order valence-electron chi connectivity index (χ3n) is 8.52. The fourth-order valence-electron chi connectivity index (χ4n) is 6.07. The van der Waals surface area contributed by atoms with E-state index in [0.29, 0.717) is 24.1 Å². The van der Waals surface area contributed by atoms with Crippen molar-refractivity contribution < 1.29 is 35.5 Å². The highest BCUT2D eigenvalue weighted by atomic mass is 19.3. The molecule has 0 amide bonds. The molecule has 1 saturated carbocycles. The van der Waals surface area contributed by atoms with Crippen LogP contribution in [0.15, 0.2) is 78.9 Å². The van der Waals surface area contributed by atoms with Crippen LogP contribution in [0.2, 0.25) is 0 Å². The molecule has 0 radical (unpaired) electrons. The second-order valence-electron chi connectivity index (χ2n) is 11.5. The maximum Gasteiger partial charge on any atom is 0.432 e. The molecule has 0 unspecified atom stereocenters. The molecule has 238 valence electrons. The predicted octanol–water partition coefficient (Wildman–Crippen LogP) is 11.3. The van der Waals surface area contributed by atoms with E-state index in [2.05, 4.69) is 10.8 Å². The van der Waals surface area contributed by atoms with Crippen LogP contribution in [-0.4, -0.2) is 0 Å². The lowest BCUT2D eigenvalue weighted by molar-refractivity contribution is -0.189. The molecular formula is C37H30F7NO. The van der Waals surface area contributed by atoms with Crippen molar-refractivity contribution in [3.05, 3.63) is 125 Å². The Bertz CT molecular complexity index is 1780. The zero-order chi connectivity index (χ0) is 33.0. The first-order valence-corrected chi connectivity index (χ1v) is 15.0. The quantitative estimate of drug-likeness (QED) is 0.135. The number of hydrogen-bond donors (Lipinski definition) is 0. The van der Waals surface area contributed by atoms with Gasteiger partial charge in [0.2, 0.25) is 0 Å². The van der Waals surface area contributed by atoms with Gasteiger partial charge in [0.05, 0.1) is 5.56 Å². The van der Waals surface area contributed by atoms with Gasteiger partial charge in [-0.05, 0) is 116 Å². The molecule has 0 spiro atoms. The van der Waals surface area contributed by atoms with E-state index in [0.717, 1.165) is 68.4 Å². The van der Waals surface area contributed by atoms with E-state index in [4.69, 9.17) is 5.26 Å². The number of ether oxygens (including phenoxy) is 1. The number of benzene rings is 4. The average molecular weight is 638 g/mol. The van der Waals surface area contributed by atoms with Crippen molar-refractivity contribution in [2.24, 2.45) is 5.92 Å². The van der Waals surface area contributed by atoms with E-state index in [1.165, 1.54) is 18.2 Å². The molecule has 0 bridgehead atoms. The lowest BCUT2D eigenvalue weighted by Gasteiger charge is -2.29. The van der Waals surface area contributed by atoms with E-state index >= 15 is 22.0 Å². The normalized spacial score (nSPS) is 16.8. The van der Waals surface area contributed by atoms with Gasteiger partial charge in [-0.2, -0.15) is 14.0 Å². The van der Waals surface area contributed by atoms with Crippen LogP contribution >= 0.6 is 0 Å². The molecule has 1 aliphatic rings. The van der Waals surface area contributed by atoms with E-state index in [-0.39, 0.29) is 33.7 Å². The monoisotopic (exact) mass is 637 g/mol. The van der Waals surface area contributed by atoms with Crippen molar-refractivity contribution in [1.29, 1.82) is 5.26 Å². The van der Waals surface area contributed by atoms with E-state index in [9.17, 15) is 8.78 Å². The summed E-state index contributed by atoms with van der Waals surface area (Å²) in [6.45, 7) is 1.99.